The van der Waals surface area contributed by atoms with Crippen molar-refractivity contribution in [3.63, 3.8) is 0 Å². The van der Waals surface area contributed by atoms with Crippen molar-refractivity contribution >= 4 is 5.97 Å². The Morgan fingerprint density at radius 3 is 3.11 bits per heavy atom. The maximum atomic E-state index is 11.6. The van der Waals surface area contributed by atoms with Gasteiger partial charge in [0.2, 0.25) is 0 Å². The van der Waals surface area contributed by atoms with Crippen molar-refractivity contribution in [2.75, 3.05) is 13.2 Å². The van der Waals surface area contributed by atoms with Gasteiger partial charge in [0.05, 0.1) is 18.3 Å². The lowest BCUT2D eigenvalue weighted by Gasteiger charge is -2.09. The number of nitriles is 1. The summed E-state index contributed by atoms with van der Waals surface area (Å²) in [5.74, 6) is -0.461. The quantitative estimate of drug-likeness (QED) is 0.756. The molecule has 2 heterocycles. The molecule has 5 nitrogen and oxygen atoms in total. The first kappa shape index (κ1) is 12.5. The Bertz CT molecular complexity index is 444. The van der Waals surface area contributed by atoms with E-state index in [1.165, 1.54) is 12.3 Å². The summed E-state index contributed by atoms with van der Waals surface area (Å²) in [6.45, 7) is 1.14. The first-order chi connectivity index (χ1) is 8.79. The number of ether oxygens (including phenoxy) is 2. The molecule has 1 fully saturated rings. The van der Waals surface area contributed by atoms with Gasteiger partial charge in [-0.05, 0) is 25.0 Å². The number of carbonyl (C=O) groups is 1. The topological polar surface area (TPSA) is 72.2 Å². The molecule has 0 N–H and O–H groups in total. The summed E-state index contributed by atoms with van der Waals surface area (Å²) in [6.07, 6.45) is 4.41. The predicted molar refractivity (Wildman–Crippen MR) is 62.8 cm³/mol. The molecule has 1 saturated heterocycles. The molecule has 0 aromatic carbocycles. The number of rotatable bonds is 4. The Morgan fingerprint density at radius 1 is 1.61 bits per heavy atom. The molecular formula is C13H14N2O3. The Labute approximate surface area is 105 Å². The van der Waals surface area contributed by atoms with Gasteiger partial charge in [-0.2, -0.15) is 5.26 Å². The first-order valence-electron chi connectivity index (χ1n) is 5.94. The van der Waals surface area contributed by atoms with Crippen LogP contribution in [0.25, 0.3) is 0 Å². The van der Waals surface area contributed by atoms with E-state index in [-0.39, 0.29) is 11.8 Å². The number of esters is 1. The number of hydrogen-bond donors (Lipinski definition) is 0. The van der Waals surface area contributed by atoms with Crippen LogP contribution in [0.15, 0.2) is 18.3 Å². The first-order valence-corrected chi connectivity index (χ1v) is 5.94. The van der Waals surface area contributed by atoms with E-state index in [4.69, 9.17) is 14.7 Å². The van der Waals surface area contributed by atoms with Crippen LogP contribution >= 0.6 is 0 Å². The van der Waals surface area contributed by atoms with E-state index in [0.717, 1.165) is 25.9 Å². The maximum absolute atomic E-state index is 11.6. The summed E-state index contributed by atoms with van der Waals surface area (Å²) >= 11 is 0. The van der Waals surface area contributed by atoms with Crippen molar-refractivity contribution < 1.29 is 14.3 Å². The van der Waals surface area contributed by atoms with Crippen molar-refractivity contribution in [2.45, 2.75) is 25.4 Å². The summed E-state index contributed by atoms with van der Waals surface area (Å²) in [5.41, 5.74) is 0.646. The SMILES string of the molecule is N#Cc1ccc(C(=O)OCCC2CCCO2)nc1. The van der Waals surface area contributed by atoms with Crippen LogP contribution in [0.2, 0.25) is 0 Å². The molecule has 1 aromatic rings. The van der Waals surface area contributed by atoms with Gasteiger partial charge in [0.25, 0.3) is 0 Å². The minimum absolute atomic E-state index is 0.215. The van der Waals surface area contributed by atoms with Crippen molar-refractivity contribution in [1.82, 2.24) is 4.98 Å². The molecule has 18 heavy (non-hydrogen) atoms. The highest BCUT2D eigenvalue weighted by Crippen LogP contribution is 2.15. The number of carbonyl (C=O) groups excluding carboxylic acids is 1. The highest BCUT2D eigenvalue weighted by molar-refractivity contribution is 5.87. The molecule has 5 heteroatoms. The summed E-state index contributed by atoms with van der Waals surface area (Å²) in [6, 6.07) is 4.98. The molecule has 0 saturated carbocycles. The summed E-state index contributed by atoms with van der Waals surface area (Å²) in [4.78, 5) is 15.5. The fourth-order valence-corrected chi connectivity index (χ4v) is 1.81. The van der Waals surface area contributed by atoms with Gasteiger partial charge in [-0.3, -0.25) is 0 Å². The van der Waals surface area contributed by atoms with Gasteiger partial charge in [0, 0.05) is 19.2 Å². The Hall–Kier alpha value is -1.93. The minimum atomic E-state index is -0.461. The minimum Gasteiger partial charge on any atom is -0.461 e. The zero-order chi connectivity index (χ0) is 12.8. The molecule has 0 aliphatic carbocycles. The van der Waals surface area contributed by atoms with E-state index in [1.54, 1.807) is 6.07 Å². The van der Waals surface area contributed by atoms with Gasteiger partial charge in [-0.1, -0.05) is 0 Å². The number of nitrogens with zero attached hydrogens (tertiary/aromatic N) is 2. The lowest BCUT2D eigenvalue weighted by molar-refractivity contribution is 0.0380. The Balaban J connectivity index is 1.78. The van der Waals surface area contributed by atoms with Gasteiger partial charge in [-0.25, -0.2) is 9.78 Å². The summed E-state index contributed by atoms with van der Waals surface area (Å²) in [7, 11) is 0. The average molecular weight is 246 g/mol. The molecule has 0 bridgehead atoms. The van der Waals surface area contributed by atoms with Gasteiger partial charge < -0.3 is 9.47 Å². The highest BCUT2D eigenvalue weighted by atomic mass is 16.5. The third-order valence-corrected chi connectivity index (χ3v) is 2.80. The molecule has 0 spiro atoms. The normalized spacial score (nSPS) is 18.3. The second kappa shape index (κ2) is 6.12. The highest BCUT2D eigenvalue weighted by Gasteiger charge is 2.16. The lowest BCUT2D eigenvalue weighted by atomic mass is 10.2. The molecule has 1 aromatic heterocycles. The maximum Gasteiger partial charge on any atom is 0.356 e. The van der Waals surface area contributed by atoms with E-state index >= 15 is 0 Å². The monoisotopic (exact) mass is 246 g/mol. The van der Waals surface area contributed by atoms with Gasteiger partial charge >= 0.3 is 5.97 Å². The molecule has 1 atom stereocenters. The van der Waals surface area contributed by atoms with Crippen molar-refractivity contribution in [2.24, 2.45) is 0 Å². The fraction of sp³-hybridized carbons (Fsp3) is 0.462. The van der Waals surface area contributed by atoms with Crippen molar-refractivity contribution in [1.29, 1.82) is 5.26 Å². The summed E-state index contributed by atoms with van der Waals surface area (Å²) in [5, 5.41) is 8.61. The number of aromatic nitrogens is 1. The zero-order valence-corrected chi connectivity index (χ0v) is 9.96. The van der Waals surface area contributed by atoms with Gasteiger partial charge in [0.15, 0.2) is 0 Å². The van der Waals surface area contributed by atoms with Crippen LogP contribution in [0.5, 0.6) is 0 Å². The van der Waals surface area contributed by atoms with Crippen LogP contribution < -0.4 is 0 Å². The van der Waals surface area contributed by atoms with Crippen LogP contribution in [0.4, 0.5) is 0 Å². The van der Waals surface area contributed by atoms with E-state index in [1.807, 2.05) is 6.07 Å². The molecule has 2 rings (SSSR count). The van der Waals surface area contributed by atoms with Crippen LogP contribution in [0, 0.1) is 11.3 Å². The number of pyridine rings is 1. The summed E-state index contributed by atoms with van der Waals surface area (Å²) < 4.78 is 10.5. The molecule has 1 aliphatic rings. The smallest absolute Gasteiger partial charge is 0.356 e. The Kier molecular flexibility index (Phi) is 4.26. The predicted octanol–water partition coefficient (Wildman–Crippen LogP) is 1.68. The Morgan fingerprint density at radius 2 is 2.50 bits per heavy atom. The van der Waals surface area contributed by atoms with E-state index in [0.29, 0.717) is 12.2 Å². The third-order valence-electron chi connectivity index (χ3n) is 2.80. The van der Waals surface area contributed by atoms with E-state index in [9.17, 15) is 4.79 Å². The molecular weight excluding hydrogens is 232 g/mol. The van der Waals surface area contributed by atoms with Crippen LogP contribution in [-0.2, 0) is 9.47 Å². The zero-order valence-electron chi connectivity index (χ0n) is 9.96. The van der Waals surface area contributed by atoms with Crippen molar-refractivity contribution in [3.05, 3.63) is 29.6 Å². The molecule has 94 valence electrons. The van der Waals surface area contributed by atoms with E-state index in [2.05, 4.69) is 4.98 Å². The third kappa shape index (κ3) is 3.28. The van der Waals surface area contributed by atoms with Crippen LogP contribution in [0.1, 0.15) is 35.3 Å². The van der Waals surface area contributed by atoms with Gasteiger partial charge in [0.1, 0.15) is 11.8 Å². The molecule has 1 unspecified atom stereocenters. The molecule has 0 amide bonds. The van der Waals surface area contributed by atoms with Crippen LogP contribution in [0.3, 0.4) is 0 Å². The van der Waals surface area contributed by atoms with Crippen molar-refractivity contribution in [3.8, 4) is 6.07 Å². The largest absolute Gasteiger partial charge is 0.461 e. The number of hydrogen-bond acceptors (Lipinski definition) is 5. The molecule has 1 aliphatic heterocycles. The van der Waals surface area contributed by atoms with Gasteiger partial charge in [-0.15, -0.1) is 0 Å². The average Bonchev–Trinajstić information content (AvgIpc) is 2.92. The second-order valence-electron chi connectivity index (χ2n) is 4.10. The second-order valence-corrected chi connectivity index (χ2v) is 4.10. The van der Waals surface area contributed by atoms with Crippen LogP contribution in [-0.4, -0.2) is 30.3 Å². The van der Waals surface area contributed by atoms with E-state index < -0.39 is 5.97 Å². The lowest BCUT2D eigenvalue weighted by Crippen LogP contribution is -2.13. The fourth-order valence-electron chi connectivity index (χ4n) is 1.81. The molecule has 0 radical (unpaired) electrons. The standard InChI is InChI=1S/C13H14N2O3/c14-8-10-3-4-12(15-9-10)13(16)18-7-5-11-2-1-6-17-11/h3-4,9,11H,1-2,5-7H2.